The van der Waals surface area contributed by atoms with E-state index >= 15 is 0 Å². The fraction of sp³-hybridized carbons (Fsp3) is 0.611. The highest BCUT2D eigenvalue weighted by Gasteiger charge is 2.51. The number of anilines is 1. The summed E-state index contributed by atoms with van der Waals surface area (Å²) in [6.45, 7) is 8.31. The molecule has 2 N–H and O–H groups in total. The van der Waals surface area contributed by atoms with Gasteiger partial charge in [0, 0.05) is 16.5 Å². The number of hydrogen-bond acceptors (Lipinski definition) is 6. The van der Waals surface area contributed by atoms with Gasteiger partial charge in [0.2, 0.25) is 0 Å². The van der Waals surface area contributed by atoms with Crippen molar-refractivity contribution < 1.29 is 14.1 Å². The van der Waals surface area contributed by atoms with Crippen LogP contribution in [0.5, 0.6) is 0 Å². The minimum atomic E-state index is -0.296. The molecule has 1 atom stereocenters. The monoisotopic (exact) mass is 362 g/mol. The highest BCUT2D eigenvalue weighted by atomic mass is 32.2. The quantitative estimate of drug-likeness (QED) is 0.637. The lowest BCUT2D eigenvalue weighted by Crippen LogP contribution is -2.41. The molecule has 0 radical (unpaired) electrons. The van der Waals surface area contributed by atoms with Gasteiger partial charge in [0.1, 0.15) is 11.8 Å². The Morgan fingerprint density at radius 3 is 2.36 bits per heavy atom. The van der Waals surface area contributed by atoms with Crippen LogP contribution >= 0.6 is 11.8 Å². The number of carbonyl (C=O) groups is 1. The fourth-order valence-electron chi connectivity index (χ4n) is 2.54. The standard InChI is InChI=1S/C14H21BN2O2S.C4H6O/c1-13(2)14(3,4)19-15(18-13)9-6-7-10-11(8-9)20-12(16-5)17-10;5-3-4-1-2-4/h6-8,12,16-17H,1-5H3;3-4H,1-2H2. The average Bonchev–Trinajstić information content (AvgIpc) is 3.26. The Morgan fingerprint density at radius 1 is 1.24 bits per heavy atom. The molecule has 2 heterocycles. The fourth-order valence-corrected chi connectivity index (χ4v) is 3.56. The lowest BCUT2D eigenvalue weighted by atomic mass is 9.79. The van der Waals surface area contributed by atoms with Gasteiger partial charge in [0.15, 0.2) is 0 Å². The molecule has 25 heavy (non-hydrogen) atoms. The second-order valence-electron chi connectivity index (χ2n) is 7.75. The van der Waals surface area contributed by atoms with Crippen LogP contribution in [0.4, 0.5) is 5.69 Å². The number of benzene rings is 1. The van der Waals surface area contributed by atoms with Gasteiger partial charge in [-0.3, -0.25) is 5.32 Å². The van der Waals surface area contributed by atoms with Crippen LogP contribution in [0, 0.1) is 5.92 Å². The Balaban J connectivity index is 0.000000314. The van der Waals surface area contributed by atoms with Crippen molar-refractivity contribution in [3.05, 3.63) is 18.2 Å². The summed E-state index contributed by atoms with van der Waals surface area (Å²) in [4.78, 5) is 10.8. The smallest absolute Gasteiger partial charge is 0.399 e. The van der Waals surface area contributed by atoms with E-state index in [0.717, 1.165) is 30.3 Å². The zero-order chi connectivity index (χ0) is 18.2. The van der Waals surface area contributed by atoms with E-state index in [1.165, 1.54) is 4.90 Å². The van der Waals surface area contributed by atoms with Crippen LogP contribution in [0.25, 0.3) is 0 Å². The second-order valence-corrected chi connectivity index (χ2v) is 8.90. The lowest BCUT2D eigenvalue weighted by Gasteiger charge is -2.32. The van der Waals surface area contributed by atoms with Gasteiger partial charge in [-0.1, -0.05) is 17.8 Å². The molecule has 4 rings (SSSR count). The predicted molar refractivity (Wildman–Crippen MR) is 103 cm³/mol. The van der Waals surface area contributed by atoms with E-state index in [2.05, 4.69) is 56.5 Å². The molecule has 5 nitrogen and oxygen atoms in total. The van der Waals surface area contributed by atoms with Gasteiger partial charge < -0.3 is 19.4 Å². The molecule has 0 aromatic heterocycles. The SMILES string of the molecule is CNC1Nc2ccc(B3OC(C)(C)C(C)(C)O3)cc2S1.O=CC1CC1. The first-order valence-electron chi connectivity index (χ1n) is 8.81. The van der Waals surface area contributed by atoms with E-state index in [-0.39, 0.29) is 23.8 Å². The topological polar surface area (TPSA) is 59.6 Å². The summed E-state index contributed by atoms with van der Waals surface area (Å²) in [5.74, 6) is 0.454. The Labute approximate surface area is 154 Å². The minimum Gasteiger partial charge on any atom is -0.399 e. The minimum absolute atomic E-state index is 0.235. The van der Waals surface area contributed by atoms with E-state index in [9.17, 15) is 4.79 Å². The largest absolute Gasteiger partial charge is 0.494 e. The van der Waals surface area contributed by atoms with E-state index in [0.29, 0.717) is 5.92 Å². The van der Waals surface area contributed by atoms with Crippen LogP contribution in [-0.4, -0.2) is 37.2 Å². The highest BCUT2D eigenvalue weighted by Crippen LogP contribution is 2.39. The van der Waals surface area contributed by atoms with E-state index in [1.807, 2.05) is 7.05 Å². The number of fused-ring (bicyclic) bond motifs is 1. The zero-order valence-corrected chi connectivity index (χ0v) is 16.4. The van der Waals surface area contributed by atoms with Gasteiger partial charge in [-0.25, -0.2) is 0 Å². The Hall–Kier alpha value is -1.02. The summed E-state index contributed by atoms with van der Waals surface area (Å²) in [5.41, 5.74) is 1.88. The van der Waals surface area contributed by atoms with E-state index < -0.39 is 0 Å². The van der Waals surface area contributed by atoms with Gasteiger partial charge in [0.25, 0.3) is 0 Å². The summed E-state index contributed by atoms with van der Waals surface area (Å²) in [6, 6.07) is 6.33. The van der Waals surface area contributed by atoms with Crippen molar-refractivity contribution in [1.82, 2.24) is 5.32 Å². The van der Waals surface area contributed by atoms with Crippen molar-refractivity contribution in [3.63, 3.8) is 0 Å². The zero-order valence-electron chi connectivity index (χ0n) is 15.6. The first-order valence-corrected chi connectivity index (χ1v) is 9.69. The third-order valence-corrected chi connectivity index (χ3v) is 6.32. The van der Waals surface area contributed by atoms with Crippen molar-refractivity contribution in [2.45, 2.75) is 62.1 Å². The molecular formula is C18H27BN2O3S. The van der Waals surface area contributed by atoms with Gasteiger partial charge >= 0.3 is 7.12 Å². The molecule has 1 aromatic carbocycles. The molecule has 0 amide bonds. The molecule has 3 aliphatic rings. The van der Waals surface area contributed by atoms with Crippen LogP contribution in [0.2, 0.25) is 0 Å². The molecule has 1 saturated heterocycles. The Kier molecular flexibility index (Phi) is 5.22. The van der Waals surface area contributed by atoms with Gasteiger partial charge in [0.05, 0.1) is 11.2 Å². The number of thioether (sulfide) groups is 1. The van der Waals surface area contributed by atoms with Crippen molar-refractivity contribution in [2.24, 2.45) is 5.92 Å². The highest BCUT2D eigenvalue weighted by molar-refractivity contribution is 8.00. The molecule has 1 aromatic rings. The predicted octanol–water partition coefficient (Wildman–Crippen LogP) is 2.60. The van der Waals surface area contributed by atoms with Crippen LogP contribution in [-0.2, 0) is 14.1 Å². The molecule has 0 bridgehead atoms. The number of nitrogens with one attached hydrogen (secondary N) is 2. The summed E-state index contributed by atoms with van der Waals surface area (Å²) in [7, 11) is 1.66. The Morgan fingerprint density at radius 2 is 1.88 bits per heavy atom. The van der Waals surface area contributed by atoms with Crippen molar-refractivity contribution >= 4 is 36.3 Å². The third kappa shape index (κ3) is 4.05. The van der Waals surface area contributed by atoms with Gasteiger partial charge in [-0.15, -0.1) is 0 Å². The van der Waals surface area contributed by atoms with Gasteiger partial charge in [-0.05, 0) is 65.2 Å². The van der Waals surface area contributed by atoms with Crippen molar-refractivity contribution in [1.29, 1.82) is 0 Å². The normalized spacial score (nSPS) is 25.6. The third-order valence-electron chi connectivity index (χ3n) is 5.14. The Bertz CT molecular complexity index is 633. The average molecular weight is 362 g/mol. The van der Waals surface area contributed by atoms with Crippen LogP contribution in [0.1, 0.15) is 40.5 Å². The molecule has 2 fully saturated rings. The number of aldehydes is 1. The summed E-state index contributed by atoms with van der Waals surface area (Å²) in [5, 5.41) is 6.62. The summed E-state index contributed by atoms with van der Waals surface area (Å²) >= 11 is 1.78. The van der Waals surface area contributed by atoms with Crippen LogP contribution < -0.4 is 16.1 Å². The molecule has 1 saturated carbocycles. The molecule has 136 valence electrons. The first kappa shape index (κ1) is 18.8. The van der Waals surface area contributed by atoms with Crippen LogP contribution in [0.3, 0.4) is 0 Å². The molecule has 1 unspecified atom stereocenters. The summed E-state index contributed by atoms with van der Waals surface area (Å²) in [6.07, 6.45) is 3.31. The van der Waals surface area contributed by atoms with Crippen molar-refractivity contribution in [3.8, 4) is 0 Å². The molecule has 2 aliphatic heterocycles. The van der Waals surface area contributed by atoms with E-state index in [4.69, 9.17) is 9.31 Å². The van der Waals surface area contributed by atoms with Crippen molar-refractivity contribution in [2.75, 3.05) is 12.4 Å². The van der Waals surface area contributed by atoms with E-state index in [1.54, 1.807) is 11.8 Å². The summed E-state index contributed by atoms with van der Waals surface area (Å²) < 4.78 is 12.2. The molecular weight excluding hydrogens is 335 g/mol. The first-order chi connectivity index (χ1) is 11.8. The lowest BCUT2D eigenvalue weighted by molar-refractivity contribution is -0.108. The number of rotatable bonds is 3. The second kappa shape index (κ2) is 6.95. The number of carbonyl (C=O) groups excluding carboxylic acids is 1. The maximum atomic E-state index is 9.57. The maximum absolute atomic E-state index is 9.57. The molecule has 7 heteroatoms. The van der Waals surface area contributed by atoms with Crippen LogP contribution in [0.15, 0.2) is 23.1 Å². The maximum Gasteiger partial charge on any atom is 0.494 e. The van der Waals surface area contributed by atoms with Gasteiger partial charge in [-0.2, -0.15) is 0 Å². The molecule has 1 aliphatic carbocycles. The number of hydrogen-bond donors (Lipinski definition) is 2. The molecule has 0 spiro atoms.